The van der Waals surface area contributed by atoms with Crippen LogP contribution in [-0.2, 0) is 0 Å². The summed E-state index contributed by atoms with van der Waals surface area (Å²) in [6, 6.07) is 11.7. The fourth-order valence-electron chi connectivity index (χ4n) is 3.12. The number of benzene rings is 2. The molecule has 1 aliphatic rings. The lowest BCUT2D eigenvalue weighted by atomic mass is 10.0. The van der Waals surface area contributed by atoms with Crippen LogP contribution in [-0.4, -0.2) is 35.4 Å². The van der Waals surface area contributed by atoms with Crippen LogP contribution >= 0.6 is 24.0 Å². The van der Waals surface area contributed by atoms with E-state index in [1.54, 1.807) is 17.9 Å². The zero-order valence-electron chi connectivity index (χ0n) is 14.1. The molecule has 6 nitrogen and oxygen atoms in total. The minimum atomic E-state index is -0.457. The summed E-state index contributed by atoms with van der Waals surface area (Å²) >= 11 is 6.09. The van der Waals surface area contributed by atoms with Crippen molar-refractivity contribution in [2.75, 3.05) is 19.6 Å². The molecule has 3 rings (SSSR count). The van der Waals surface area contributed by atoms with Gasteiger partial charge in [-0.25, -0.2) is 0 Å². The number of piperazine rings is 1. The minimum Gasteiger partial charge on any atom is -0.329 e. The van der Waals surface area contributed by atoms with Crippen LogP contribution in [0, 0.1) is 17.0 Å². The number of carbonyl (C=O) groups excluding carboxylic acids is 1. The lowest BCUT2D eigenvalue weighted by Gasteiger charge is -2.37. The summed E-state index contributed by atoms with van der Waals surface area (Å²) in [4.78, 5) is 25.3. The molecule has 1 aliphatic heterocycles. The highest BCUT2D eigenvalue weighted by Gasteiger charge is 2.29. The number of nitro groups is 1. The van der Waals surface area contributed by atoms with Gasteiger partial charge in [-0.3, -0.25) is 14.9 Å². The van der Waals surface area contributed by atoms with Crippen LogP contribution in [0.25, 0.3) is 0 Å². The molecule has 1 fully saturated rings. The van der Waals surface area contributed by atoms with Gasteiger partial charge in [0.2, 0.25) is 0 Å². The second-order valence-corrected chi connectivity index (χ2v) is 6.47. The maximum Gasteiger partial charge on any atom is 0.269 e. The van der Waals surface area contributed by atoms with Gasteiger partial charge in [-0.15, -0.1) is 12.4 Å². The Hall–Kier alpha value is -2.15. The maximum absolute atomic E-state index is 13.1. The molecule has 1 atom stereocenters. The molecule has 8 heteroatoms. The van der Waals surface area contributed by atoms with E-state index in [4.69, 9.17) is 11.6 Å². The Kier molecular flexibility index (Phi) is 6.58. The Bertz CT molecular complexity index is 829. The number of hydrogen-bond acceptors (Lipinski definition) is 4. The van der Waals surface area contributed by atoms with Crippen molar-refractivity contribution in [3.8, 4) is 0 Å². The molecule has 0 radical (unpaired) electrons. The highest BCUT2D eigenvalue weighted by Crippen LogP contribution is 2.27. The Labute approximate surface area is 162 Å². The third-order valence-corrected chi connectivity index (χ3v) is 4.62. The number of nitrogens with one attached hydrogen (secondary N) is 1. The van der Waals surface area contributed by atoms with E-state index in [0.717, 1.165) is 5.56 Å². The number of non-ortho nitro benzene ring substituents is 1. The molecule has 1 N–H and O–H groups in total. The van der Waals surface area contributed by atoms with Crippen LogP contribution in [0.1, 0.15) is 27.5 Å². The van der Waals surface area contributed by atoms with Gasteiger partial charge in [0.05, 0.1) is 11.0 Å². The molecule has 1 heterocycles. The van der Waals surface area contributed by atoms with E-state index in [1.807, 2.05) is 18.2 Å². The van der Waals surface area contributed by atoms with Gasteiger partial charge >= 0.3 is 0 Å². The highest BCUT2D eigenvalue weighted by molar-refractivity contribution is 6.30. The van der Waals surface area contributed by atoms with E-state index >= 15 is 0 Å². The Morgan fingerprint density at radius 1 is 1.31 bits per heavy atom. The number of aryl methyl sites for hydroxylation is 1. The highest BCUT2D eigenvalue weighted by atomic mass is 35.5. The molecule has 26 heavy (non-hydrogen) atoms. The Balaban J connectivity index is 0.00000243. The summed E-state index contributed by atoms with van der Waals surface area (Å²) in [5.74, 6) is -0.126. The minimum absolute atomic E-state index is 0. The van der Waals surface area contributed by atoms with Crippen molar-refractivity contribution in [1.29, 1.82) is 0 Å². The van der Waals surface area contributed by atoms with Gasteiger partial charge in [0.15, 0.2) is 0 Å². The van der Waals surface area contributed by atoms with Crippen molar-refractivity contribution in [1.82, 2.24) is 10.2 Å². The number of hydrogen-bond donors (Lipinski definition) is 1. The molecule has 0 aromatic heterocycles. The lowest BCUT2D eigenvalue weighted by Crippen LogP contribution is -2.48. The van der Waals surface area contributed by atoms with Gasteiger partial charge in [0.25, 0.3) is 11.6 Å². The standard InChI is InChI=1S/C18H18ClN3O3.ClH/c1-12-9-15(22(24)25)5-6-16(12)18(23)21-8-7-20-11-17(21)13-3-2-4-14(19)10-13;/h2-6,9-10,17,20H,7-8,11H2,1H3;1H. The molecule has 0 aliphatic carbocycles. The van der Waals surface area contributed by atoms with Gasteiger partial charge in [-0.2, -0.15) is 0 Å². The fourth-order valence-corrected chi connectivity index (χ4v) is 3.31. The van der Waals surface area contributed by atoms with Gasteiger partial charge in [0, 0.05) is 42.4 Å². The van der Waals surface area contributed by atoms with Crippen molar-refractivity contribution < 1.29 is 9.72 Å². The van der Waals surface area contributed by atoms with E-state index in [2.05, 4.69) is 5.32 Å². The Morgan fingerprint density at radius 2 is 2.08 bits per heavy atom. The SMILES string of the molecule is Cc1cc([N+](=O)[O-])ccc1C(=O)N1CCNCC1c1cccc(Cl)c1.Cl. The van der Waals surface area contributed by atoms with Crippen molar-refractivity contribution in [2.24, 2.45) is 0 Å². The van der Waals surface area contributed by atoms with Gasteiger partial charge < -0.3 is 10.2 Å². The smallest absolute Gasteiger partial charge is 0.269 e. The van der Waals surface area contributed by atoms with Crippen molar-refractivity contribution >= 4 is 35.6 Å². The molecule has 0 saturated carbocycles. The molecule has 0 spiro atoms. The molecular weight excluding hydrogens is 377 g/mol. The van der Waals surface area contributed by atoms with E-state index in [9.17, 15) is 14.9 Å². The topological polar surface area (TPSA) is 75.5 Å². The molecule has 138 valence electrons. The number of amides is 1. The zero-order valence-corrected chi connectivity index (χ0v) is 15.7. The second-order valence-electron chi connectivity index (χ2n) is 6.03. The summed E-state index contributed by atoms with van der Waals surface area (Å²) < 4.78 is 0. The third-order valence-electron chi connectivity index (χ3n) is 4.39. The van der Waals surface area contributed by atoms with Crippen molar-refractivity contribution in [2.45, 2.75) is 13.0 Å². The van der Waals surface area contributed by atoms with Crippen molar-refractivity contribution in [3.63, 3.8) is 0 Å². The number of carbonyl (C=O) groups is 1. The zero-order chi connectivity index (χ0) is 18.0. The number of rotatable bonds is 3. The normalized spacial score (nSPS) is 16.7. The predicted octanol–water partition coefficient (Wildman–Crippen LogP) is 3.77. The molecule has 1 amide bonds. The maximum atomic E-state index is 13.1. The summed E-state index contributed by atoms with van der Waals surface area (Å²) in [5.41, 5.74) is 2.04. The summed E-state index contributed by atoms with van der Waals surface area (Å²) in [6.07, 6.45) is 0. The molecule has 1 unspecified atom stereocenters. The Morgan fingerprint density at radius 3 is 2.73 bits per heavy atom. The van der Waals surface area contributed by atoms with E-state index in [1.165, 1.54) is 18.2 Å². The van der Waals surface area contributed by atoms with Crippen LogP contribution in [0.15, 0.2) is 42.5 Å². The van der Waals surface area contributed by atoms with Crippen LogP contribution in [0.4, 0.5) is 5.69 Å². The first-order valence-corrected chi connectivity index (χ1v) is 8.37. The van der Waals surface area contributed by atoms with Crippen LogP contribution in [0.5, 0.6) is 0 Å². The van der Waals surface area contributed by atoms with E-state index in [0.29, 0.717) is 35.8 Å². The third kappa shape index (κ3) is 4.15. The molecular formula is C18H19Cl2N3O3. The fraction of sp³-hybridized carbons (Fsp3) is 0.278. The van der Waals surface area contributed by atoms with Gasteiger partial charge in [-0.1, -0.05) is 23.7 Å². The summed E-state index contributed by atoms with van der Waals surface area (Å²) in [7, 11) is 0. The number of halogens is 2. The molecule has 2 aromatic rings. The molecule has 2 aromatic carbocycles. The lowest BCUT2D eigenvalue weighted by molar-refractivity contribution is -0.384. The van der Waals surface area contributed by atoms with Crippen molar-refractivity contribution in [3.05, 3.63) is 74.3 Å². The first-order valence-electron chi connectivity index (χ1n) is 7.99. The van der Waals surface area contributed by atoms with Gasteiger partial charge in [-0.05, 0) is 36.2 Å². The summed E-state index contributed by atoms with van der Waals surface area (Å²) in [5, 5.41) is 14.8. The van der Waals surface area contributed by atoms with Crippen LogP contribution < -0.4 is 5.32 Å². The van der Waals surface area contributed by atoms with Gasteiger partial charge in [0.1, 0.15) is 0 Å². The molecule has 0 bridgehead atoms. The largest absolute Gasteiger partial charge is 0.329 e. The number of nitrogens with zero attached hydrogens (tertiary/aromatic N) is 2. The average Bonchev–Trinajstić information content (AvgIpc) is 2.61. The van der Waals surface area contributed by atoms with E-state index in [-0.39, 0.29) is 30.0 Å². The first-order chi connectivity index (χ1) is 12.0. The quantitative estimate of drug-likeness (QED) is 0.633. The first kappa shape index (κ1) is 20.2. The monoisotopic (exact) mass is 395 g/mol. The number of nitro benzene ring substituents is 1. The predicted molar refractivity (Wildman–Crippen MR) is 103 cm³/mol. The second kappa shape index (κ2) is 8.49. The van der Waals surface area contributed by atoms with Crippen LogP contribution in [0.2, 0.25) is 5.02 Å². The van der Waals surface area contributed by atoms with E-state index < -0.39 is 4.92 Å². The summed E-state index contributed by atoms with van der Waals surface area (Å²) in [6.45, 7) is 3.62. The molecule has 1 saturated heterocycles. The van der Waals surface area contributed by atoms with Crippen LogP contribution in [0.3, 0.4) is 0 Å². The average molecular weight is 396 g/mol.